The van der Waals surface area contributed by atoms with E-state index in [0.29, 0.717) is 0 Å². The van der Waals surface area contributed by atoms with Gasteiger partial charge in [-0.05, 0) is 12.1 Å². The summed E-state index contributed by atoms with van der Waals surface area (Å²) in [5.74, 6) is 0. The molecular weight excluding hydrogens is 202 g/mol. The lowest BCUT2D eigenvalue weighted by Crippen LogP contribution is -2.06. The Morgan fingerprint density at radius 3 is 2.53 bits per heavy atom. The summed E-state index contributed by atoms with van der Waals surface area (Å²) >= 11 is 1.87. The summed E-state index contributed by atoms with van der Waals surface area (Å²) in [5.41, 5.74) is 1.11. The van der Waals surface area contributed by atoms with Crippen LogP contribution in [-0.4, -0.2) is 9.73 Å². The van der Waals surface area contributed by atoms with Gasteiger partial charge in [-0.3, -0.25) is 4.98 Å². The second kappa shape index (κ2) is 3.86. The molecule has 1 aromatic heterocycles. The molecule has 2 heteroatoms. The molecule has 0 amide bonds. The van der Waals surface area contributed by atoms with E-state index in [1.54, 1.807) is 0 Å². The van der Waals surface area contributed by atoms with Crippen LogP contribution in [0.5, 0.6) is 0 Å². The van der Waals surface area contributed by atoms with Crippen LogP contribution in [0, 0.1) is 0 Å². The van der Waals surface area contributed by atoms with Crippen LogP contribution >= 0.6 is 11.8 Å². The number of hydrogen-bond acceptors (Lipinski definition) is 2. The fraction of sp³-hybridized carbons (Fsp3) is 0.308. The molecule has 0 radical (unpaired) electrons. The van der Waals surface area contributed by atoms with Crippen molar-refractivity contribution in [2.45, 2.75) is 30.4 Å². The standard InChI is InChI=1S/C13H15NS/c1-13(2,3)15-11-8-4-6-10-7-5-9-14-12(10)11/h4-9H,1-3H3. The molecule has 0 fully saturated rings. The van der Waals surface area contributed by atoms with Gasteiger partial charge in [0, 0.05) is 21.2 Å². The molecule has 0 aliphatic heterocycles. The van der Waals surface area contributed by atoms with E-state index in [9.17, 15) is 0 Å². The molecule has 0 saturated carbocycles. The fourth-order valence-corrected chi connectivity index (χ4v) is 2.56. The lowest BCUT2D eigenvalue weighted by molar-refractivity contribution is 0.803. The van der Waals surface area contributed by atoms with Crippen molar-refractivity contribution in [2.24, 2.45) is 0 Å². The highest BCUT2D eigenvalue weighted by Gasteiger charge is 2.14. The van der Waals surface area contributed by atoms with Gasteiger partial charge in [0.25, 0.3) is 0 Å². The van der Waals surface area contributed by atoms with Gasteiger partial charge in [-0.25, -0.2) is 0 Å². The van der Waals surface area contributed by atoms with Crippen LogP contribution in [0.1, 0.15) is 20.8 Å². The van der Waals surface area contributed by atoms with Crippen LogP contribution in [0.15, 0.2) is 41.4 Å². The van der Waals surface area contributed by atoms with E-state index in [4.69, 9.17) is 0 Å². The third-order valence-electron chi connectivity index (χ3n) is 2.01. The molecule has 2 rings (SSSR count). The molecular formula is C13H15NS. The zero-order chi connectivity index (χ0) is 10.9. The number of rotatable bonds is 1. The van der Waals surface area contributed by atoms with Gasteiger partial charge in [0.1, 0.15) is 0 Å². The van der Waals surface area contributed by atoms with Crippen molar-refractivity contribution in [3.63, 3.8) is 0 Å². The predicted octanol–water partition coefficient (Wildman–Crippen LogP) is 4.13. The monoisotopic (exact) mass is 217 g/mol. The fourth-order valence-electron chi connectivity index (χ4n) is 1.49. The van der Waals surface area contributed by atoms with E-state index >= 15 is 0 Å². The van der Waals surface area contributed by atoms with Gasteiger partial charge >= 0.3 is 0 Å². The zero-order valence-corrected chi connectivity index (χ0v) is 10.1. The molecule has 0 bridgehead atoms. The number of thioether (sulfide) groups is 1. The Kier molecular flexibility index (Phi) is 2.70. The topological polar surface area (TPSA) is 12.9 Å². The Bertz CT molecular complexity index is 466. The van der Waals surface area contributed by atoms with Crippen molar-refractivity contribution < 1.29 is 0 Å². The normalized spacial score (nSPS) is 11.9. The molecule has 1 aromatic carbocycles. The number of fused-ring (bicyclic) bond motifs is 1. The molecule has 0 aliphatic carbocycles. The van der Waals surface area contributed by atoms with E-state index in [0.717, 1.165) is 5.52 Å². The smallest absolute Gasteiger partial charge is 0.0837 e. The third kappa shape index (κ3) is 2.51. The third-order valence-corrected chi connectivity index (χ3v) is 3.17. The molecule has 78 valence electrons. The predicted molar refractivity (Wildman–Crippen MR) is 67.4 cm³/mol. The number of para-hydroxylation sites is 1. The van der Waals surface area contributed by atoms with Crippen molar-refractivity contribution >= 4 is 22.7 Å². The van der Waals surface area contributed by atoms with Gasteiger partial charge < -0.3 is 0 Å². The number of pyridine rings is 1. The largest absolute Gasteiger partial charge is 0.255 e. The molecule has 0 spiro atoms. The summed E-state index contributed by atoms with van der Waals surface area (Å²) < 4.78 is 0.228. The van der Waals surface area contributed by atoms with E-state index in [1.807, 2.05) is 24.0 Å². The minimum Gasteiger partial charge on any atom is -0.255 e. The first-order valence-corrected chi connectivity index (χ1v) is 5.91. The average molecular weight is 217 g/mol. The van der Waals surface area contributed by atoms with Crippen molar-refractivity contribution in [3.05, 3.63) is 36.5 Å². The number of nitrogens with zero attached hydrogens (tertiary/aromatic N) is 1. The Balaban J connectivity index is 2.52. The molecule has 15 heavy (non-hydrogen) atoms. The second-order valence-corrected chi connectivity index (χ2v) is 6.41. The van der Waals surface area contributed by atoms with E-state index < -0.39 is 0 Å². The molecule has 0 aliphatic rings. The van der Waals surface area contributed by atoms with Crippen LogP contribution in [0.25, 0.3) is 10.9 Å². The van der Waals surface area contributed by atoms with Crippen molar-refractivity contribution in [1.29, 1.82) is 0 Å². The maximum atomic E-state index is 4.44. The Morgan fingerprint density at radius 1 is 1.07 bits per heavy atom. The average Bonchev–Trinajstić information content (AvgIpc) is 2.16. The van der Waals surface area contributed by atoms with E-state index in [-0.39, 0.29) is 4.75 Å². The zero-order valence-electron chi connectivity index (χ0n) is 9.32. The van der Waals surface area contributed by atoms with E-state index in [2.05, 4.69) is 50.0 Å². The second-order valence-electron chi connectivity index (χ2n) is 4.55. The SMILES string of the molecule is CC(C)(C)Sc1cccc2cccnc12. The van der Waals surface area contributed by atoms with Gasteiger partial charge in [-0.15, -0.1) is 11.8 Å². The number of aromatic nitrogens is 1. The Morgan fingerprint density at radius 2 is 1.80 bits per heavy atom. The van der Waals surface area contributed by atoms with Crippen LogP contribution in [-0.2, 0) is 0 Å². The number of hydrogen-bond donors (Lipinski definition) is 0. The molecule has 0 N–H and O–H groups in total. The highest BCUT2D eigenvalue weighted by Crippen LogP contribution is 2.35. The summed E-state index contributed by atoms with van der Waals surface area (Å²) in [6, 6.07) is 10.4. The van der Waals surface area contributed by atoms with Gasteiger partial charge in [-0.1, -0.05) is 39.0 Å². The van der Waals surface area contributed by atoms with Gasteiger partial charge in [0.05, 0.1) is 5.52 Å². The van der Waals surface area contributed by atoms with Crippen LogP contribution in [0.3, 0.4) is 0 Å². The first-order chi connectivity index (χ1) is 7.06. The molecule has 0 saturated heterocycles. The Labute approximate surface area is 94.9 Å². The summed E-state index contributed by atoms with van der Waals surface area (Å²) in [4.78, 5) is 5.71. The summed E-state index contributed by atoms with van der Waals surface area (Å²) in [6.45, 7) is 6.66. The van der Waals surface area contributed by atoms with Crippen molar-refractivity contribution in [3.8, 4) is 0 Å². The van der Waals surface area contributed by atoms with Crippen molar-refractivity contribution in [2.75, 3.05) is 0 Å². The highest BCUT2D eigenvalue weighted by atomic mass is 32.2. The summed E-state index contributed by atoms with van der Waals surface area (Å²) in [5, 5.41) is 1.21. The first kappa shape index (κ1) is 10.5. The maximum Gasteiger partial charge on any atom is 0.0837 e. The van der Waals surface area contributed by atoms with Crippen molar-refractivity contribution in [1.82, 2.24) is 4.98 Å². The van der Waals surface area contributed by atoms with Gasteiger partial charge in [0.2, 0.25) is 0 Å². The lowest BCUT2D eigenvalue weighted by Gasteiger charge is -2.18. The minimum atomic E-state index is 0.228. The van der Waals surface area contributed by atoms with Crippen LogP contribution < -0.4 is 0 Å². The number of benzene rings is 1. The quantitative estimate of drug-likeness (QED) is 0.666. The maximum absolute atomic E-state index is 4.44. The lowest BCUT2D eigenvalue weighted by atomic mass is 10.2. The van der Waals surface area contributed by atoms with Crippen LogP contribution in [0.2, 0.25) is 0 Å². The van der Waals surface area contributed by atoms with E-state index in [1.165, 1.54) is 10.3 Å². The van der Waals surface area contributed by atoms with Gasteiger partial charge in [-0.2, -0.15) is 0 Å². The first-order valence-electron chi connectivity index (χ1n) is 5.09. The molecule has 1 nitrogen and oxygen atoms in total. The van der Waals surface area contributed by atoms with Crippen LogP contribution in [0.4, 0.5) is 0 Å². The summed E-state index contributed by atoms with van der Waals surface area (Å²) in [6.07, 6.45) is 1.86. The molecule has 0 unspecified atom stereocenters. The molecule has 0 atom stereocenters. The molecule has 1 heterocycles. The molecule has 2 aromatic rings. The summed E-state index contributed by atoms with van der Waals surface area (Å²) in [7, 11) is 0. The van der Waals surface area contributed by atoms with Gasteiger partial charge in [0.15, 0.2) is 0 Å². The minimum absolute atomic E-state index is 0.228. The Hall–Kier alpha value is -1.02. The highest BCUT2D eigenvalue weighted by molar-refractivity contribution is 8.00.